The monoisotopic (exact) mass is 550 g/mol. The predicted octanol–water partition coefficient (Wildman–Crippen LogP) is 5.24. The molecule has 0 saturated carbocycles. The van der Waals surface area contributed by atoms with Gasteiger partial charge in [-0.05, 0) is 12.5 Å². The molecule has 1 unspecified atom stereocenters. The Balaban J connectivity index is 2.33. The first kappa shape index (κ1) is 28.3. The minimum Gasteiger partial charge on any atom is -0.454 e. The molecule has 0 N–H and O–H groups in total. The van der Waals surface area contributed by atoms with Crippen LogP contribution in [0.2, 0.25) is 5.02 Å². The van der Waals surface area contributed by atoms with Gasteiger partial charge in [-0.15, -0.1) is 0 Å². The molecule has 0 aliphatic heterocycles. The zero-order chi connectivity index (χ0) is 26.6. The van der Waals surface area contributed by atoms with E-state index >= 15 is 0 Å². The number of aromatic nitrogens is 1. The number of nitrogens with zero attached hydrogens (tertiary/aromatic N) is 2. The molecule has 0 fully saturated rings. The Labute approximate surface area is 198 Å². The number of rotatable bonds is 9. The molecule has 0 saturated heterocycles. The van der Waals surface area contributed by atoms with Gasteiger partial charge < -0.3 is 14.0 Å². The highest BCUT2D eigenvalue weighted by molar-refractivity contribution is 7.48. The van der Waals surface area contributed by atoms with E-state index in [9.17, 15) is 45.8 Å². The zero-order valence-electron chi connectivity index (χ0n) is 17.3. The maximum absolute atomic E-state index is 12.8. The maximum Gasteiger partial charge on any atom is 0.422 e. The first-order chi connectivity index (χ1) is 16.1. The van der Waals surface area contributed by atoms with Crippen molar-refractivity contribution >= 4 is 36.6 Å². The van der Waals surface area contributed by atoms with Crippen molar-refractivity contribution in [2.45, 2.75) is 25.7 Å². The number of hydrogen-bond acceptors (Lipinski definition) is 8. The maximum atomic E-state index is 12.8. The average molecular weight is 551 g/mol. The minimum absolute atomic E-state index is 0.111. The largest absolute Gasteiger partial charge is 0.454 e. The summed E-state index contributed by atoms with van der Waals surface area (Å²) in [5, 5.41) is 10.3. The van der Waals surface area contributed by atoms with E-state index in [1.165, 1.54) is 0 Å². The standard InChI is InChI=1S/C18H14ClF6N2O7P/c1-2-9-3-12(27(29)30)14(35(31)33-7-15(28)32-8-17(20,21)22)5-13(9)34-16-11(19)4-10(6-26-16)18(23,24)25/h3-6,35H,2,7-8H2,1H3. The van der Waals surface area contributed by atoms with E-state index in [2.05, 4.69) is 14.2 Å². The first-order valence-corrected chi connectivity index (χ1v) is 10.9. The van der Waals surface area contributed by atoms with Gasteiger partial charge in [0.1, 0.15) is 16.1 Å². The lowest BCUT2D eigenvalue weighted by Gasteiger charge is -2.14. The van der Waals surface area contributed by atoms with Crippen LogP contribution in [0.4, 0.5) is 32.0 Å². The third kappa shape index (κ3) is 8.08. The number of carbonyl (C=O) groups is 1. The number of aryl methyl sites for hydroxylation is 1. The van der Waals surface area contributed by atoms with Gasteiger partial charge in [-0.25, -0.2) is 9.78 Å². The molecule has 1 atom stereocenters. The number of hydrogen-bond donors (Lipinski definition) is 0. The van der Waals surface area contributed by atoms with Gasteiger partial charge in [-0.2, -0.15) is 26.3 Å². The molecule has 1 aromatic carbocycles. The molecule has 1 heterocycles. The van der Waals surface area contributed by atoms with Gasteiger partial charge in [-0.1, -0.05) is 18.5 Å². The summed E-state index contributed by atoms with van der Waals surface area (Å²) >= 11 is 5.80. The lowest BCUT2D eigenvalue weighted by atomic mass is 10.1. The fourth-order valence-corrected chi connectivity index (χ4v) is 3.69. The Hall–Kier alpha value is -2.90. The van der Waals surface area contributed by atoms with Gasteiger partial charge in [0.25, 0.3) is 5.69 Å². The normalized spacial score (nSPS) is 12.8. The van der Waals surface area contributed by atoms with E-state index in [0.717, 1.165) is 12.1 Å². The molecule has 1 aromatic heterocycles. The highest BCUT2D eigenvalue weighted by atomic mass is 35.5. The summed E-state index contributed by atoms with van der Waals surface area (Å²) in [6, 6.07) is 2.38. The average Bonchev–Trinajstić information content (AvgIpc) is 2.75. The van der Waals surface area contributed by atoms with Crippen LogP contribution in [-0.4, -0.2) is 35.3 Å². The zero-order valence-corrected chi connectivity index (χ0v) is 19.1. The third-order valence-corrected chi connectivity index (χ3v) is 5.55. The molecule has 0 aliphatic carbocycles. The summed E-state index contributed by atoms with van der Waals surface area (Å²) in [4.78, 5) is 25.4. The van der Waals surface area contributed by atoms with Crippen LogP contribution in [0.1, 0.15) is 18.1 Å². The van der Waals surface area contributed by atoms with E-state index in [1.54, 1.807) is 6.92 Å². The van der Waals surface area contributed by atoms with Crippen LogP contribution in [0.3, 0.4) is 0 Å². The van der Waals surface area contributed by atoms with E-state index < -0.39 is 71.9 Å². The van der Waals surface area contributed by atoms with Gasteiger partial charge in [-0.3, -0.25) is 14.7 Å². The number of alkyl halides is 6. The topological polar surface area (TPSA) is 118 Å². The Morgan fingerprint density at radius 3 is 2.37 bits per heavy atom. The van der Waals surface area contributed by atoms with Crippen LogP contribution in [-0.2, 0) is 31.2 Å². The van der Waals surface area contributed by atoms with Crippen molar-refractivity contribution in [3.8, 4) is 11.6 Å². The molecule has 2 aromatic rings. The Bertz CT molecular complexity index is 1140. The Morgan fingerprint density at radius 1 is 1.20 bits per heavy atom. The number of nitro groups is 1. The molecule has 0 bridgehead atoms. The van der Waals surface area contributed by atoms with Crippen molar-refractivity contribution < 1.29 is 54.6 Å². The second kappa shape index (κ2) is 11.2. The number of carbonyl (C=O) groups excluding carboxylic acids is 1. The lowest BCUT2D eigenvalue weighted by molar-refractivity contribution is -0.383. The number of halogens is 7. The van der Waals surface area contributed by atoms with Gasteiger partial charge in [0.15, 0.2) is 13.2 Å². The van der Waals surface area contributed by atoms with Crippen molar-refractivity contribution in [1.82, 2.24) is 4.98 Å². The Morgan fingerprint density at radius 2 is 1.86 bits per heavy atom. The quantitative estimate of drug-likeness (QED) is 0.137. The molecule has 192 valence electrons. The van der Waals surface area contributed by atoms with Gasteiger partial charge >= 0.3 is 18.3 Å². The number of benzene rings is 1. The summed E-state index contributed by atoms with van der Waals surface area (Å²) in [6.07, 6.45) is -8.99. The third-order valence-electron chi connectivity index (χ3n) is 4.04. The second-order valence-electron chi connectivity index (χ2n) is 6.55. The van der Waals surface area contributed by atoms with Crippen molar-refractivity contribution in [3.63, 3.8) is 0 Å². The minimum atomic E-state index is -4.81. The molecular formula is C18H14ClF6N2O7P. The molecule has 2 rings (SSSR count). The predicted molar refractivity (Wildman–Crippen MR) is 108 cm³/mol. The second-order valence-corrected chi connectivity index (χ2v) is 8.36. The fourth-order valence-electron chi connectivity index (χ4n) is 2.46. The molecule has 17 heteroatoms. The van der Waals surface area contributed by atoms with Crippen LogP contribution in [0.15, 0.2) is 24.4 Å². The van der Waals surface area contributed by atoms with Gasteiger partial charge in [0, 0.05) is 23.9 Å². The molecule has 35 heavy (non-hydrogen) atoms. The number of esters is 1. The highest BCUT2D eigenvalue weighted by Gasteiger charge is 2.32. The molecule has 9 nitrogen and oxygen atoms in total. The molecule has 0 spiro atoms. The van der Waals surface area contributed by atoms with Crippen LogP contribution in [0.25, 0.3) is 0 Å². The molecule has 0 aliphatic rings. The summed E-state index contributed by atoms with van der Waals surface area (Å²) in [5.41, 5.74) is -1.73. The Kier molecular flexibility index (Phi) is 9.09. The summed E-state index contributed by atoms with van der Waals surface area (Å²) in [7, 11) is -3.62. The smallest absolute Gasteiger partial charge is 0.422 e. The molecular weight excluding hydrogens is 537 g/mol. The van der Waals surface area contributed by atoms with Crippen LogP contribution in [0.5, 0.6) is 11.6 Å². The fraction of sp³-hybridized carbons (Fsp3) is 0.333. The van der Waals surface area contributed by atoms with Crippen molar-refractivity contribution in [2.75, 3.05) is 13.2 Å². The van der Waals surface area contributed by atoms with E-state index in [4.69, 9.17) is 16.3 Å². The van der Waals surface area contributed by atoms with Crippen LogP contribution < -0.4 is 10.0 Å². The summed E-state index contributed by atoms with van der Waals surface area (Å²) < 4.78 is 101. The summed E-state index contributed by atoms with van der Waals surface area (Å²) in [5.74, 6) is -2.24. The number of nitro benzene ring substituents is 1. The molecule has 0 radical (unpaired) electrons. The number of ether oxygens (including phenoxy) is 2. The summed E-state index contributed by atoms with van der Waals surface area (Å²) in [6.45, 7) is -1.56. The van der Waals surface area contributed by atoms with Crippen molar-refractivity contribution in [2.24, 2.45) is 0 Å². The highest BCUT2D eigenvalue weighted by Crippen LogP contribution is 2.38. The van der Waals surface area contributed by atoms with E-state index in [-0.39, 0.29) is 17.7 Å². The van der Waals surface area contributed by atoms with E-state index in [0.29, 0.717) is 12.3 Å². The first-order valence-electron chi connectivity index (χ1n) is 9.23. The molecule has 0 amide bonds. The van der Waals surface area contributed by atoms with E-state index in [1.807, 2.05) is 0 Å². The van der Waals surface area contributed by atoms with Crippen LogP contribution in [0, 0.1) is 10.1 Å². The van der Waals surface area contributed by atoms with Crippen LogP contribution >= 0.6 is 19.6 Å². The number of pyridine rings is 1. The lowest BCUT2D eigenvalue weighted by Crippen LogP contribution is -2.22. The van der Waals surface area contributed by atoms with Gasteiger partial charge in [0.05, 0.1) is 10.5 Å². The van der Waals surface area contributed by atoms with Crippen molar-refractivity contribution in [3.05, 3.63) is 50.7 Å². The van der Waals surface area contributed by atoms with Gasteiger partial charge in [0.2, 0.25) is 13.9 Å². The SMILES string of the molecule is CCc1cc([N+](=O)[O-])c([PH](=O)OCC(=O)OCC(F)(F)F)cc1Oc1ncc(C(F)(F)F)cc1Cl. The van der Waals surface area contributed by atoms with Crippen molar-refractivity contribution in [1.29, 1.82) is 0 Å².